The van der Waals surface area contributed by atoms with Crippen molar-refractivity contribution < 1.29 is 19.1 Å². The molecule has 1 aromatic carbocycles. The number of carbonyl (C=O) groups excluding carboxylic acids is 1. The fourth-order valence-electron chi connectivity index (χ4n) is 3.66. The van der Waals surface area contributed by atoms with Crippen LogP contribution in [0.25, 0.3) is 0 Å². The summed E-state index contributed by atoms with van der Waals surface area (Å²) in [5, 5.41) is 9.39. The van der Waals surface area contributed by atoms with Gasteiger partial charge in [-0.25, -0.2) is 4.39 Å². The maximum absolute atomic E-state index is 13.4. The molecule has 0 unspecified atom stereocenters. The van der Waals surface area contributed by atoms with Gasteiger partial charge in [-0.05, 0) is 61.8 Å². The van der Waals surface area contributed by atoms with Gasteiger partial charge in [-0.3, -0.25) is 9.59 Å². The Labute approximate surface area is 128 Å². The van der Waals surface area contributed by atoms with E-state index in [2.05, 4.69) is 0 Å². The van der Waals surface area contributed by atoms with Gasteiger partial charge in [-0.2, -0.15) is 0 Å². The highest BCUT2D eigenvalue weighted by atomic mass is 19.1. The number of aliphatic carboxylic acids is 1. The van der Waals surface area contributed by atoms with Crippen molar-refractivity contribution >= 4 is 11.9 Å². The summed E-state index contributed by atoms with van der Waals surface area (Å²) >= 11 is 0. The molecule has 1 aromatic rings. The molecule has 1 saturated heterocycles. The molecule has 0 bridgehead atoms. The molecule has 1 amide bonds. The Morgan fingerprint density at radius 1 is 1.18 bits per heavy atom. The summed E-state index contributed by atoms with van der Waals surface area (Å²) in [4.78, 5) is 25.8. The molecule has 2 atom stereocenters. The third kappa shape index (κ3) is 2.60. The maximum Gasteiger partial charge on any atom is 0.308 e. The van der Waals surface area contributed by atoms with Crippen molar-refractivity contribution in [1.29, 1.82) is 0 Å². The highest BCUT2D eigenvalue weighted by molar-refractivity contribution is 5.97. The number of hydrogen-bond donors (Lipinski definition) is 1. The molecule has 1 aliphatic carbocycles. The van der Waals surface area contributed by atoms with E-state index < -0.39 is 11.9 Å². The lowest BCUT2D eigenvalue weighted by molar-refractivity contribution is -0.142. The number of likely N-dealkylation sites (tertiary alicyclic amines) is 1. The average Bonchev–Trinajstić information content (AvgIpc) is 3.15. The van der Waals surface area contributed by atoms with E-state index in [1.807, 2.05) is 0 Å². The number of halogens is 1. The highest BCUT2D eigenvalue weighted by Gasteiger charge is 2.47. The Kier molecular flexibility index (Phi) is 3.67. The van der Waals surface area contributed by atoms with Crippen LogP contribution in [-0.2, 0) is 4.79 Å². The molecule has 118 valence electrons. The second-order valence-electron chi connectivity index (χ2n) is 6.57. The number of nitrogens with zero attached hydrogens (tertiary/aromatic N) is 1. The van der Waals surface area contributed by atoms with Gasteiger partial charge in [0.25, 0.3) is 5.91 Å². The number of amides is 1. The van der Waals surface area contributed by atoms with Crippen LogP contribution < -0.4 is 0 Å². The molecular weight excluding hydrogens is 285 g/mol. The van der Waals surface area contributed by atoms with Crippen LogP contribution in [0.2, 0.25) is 0 Å². The molecule has 0 spiro atoms. The van der Waals surface area contributed by atoms with Gasteiger partial charge >= 0.3 is 5.97 Å². The van der Waals surface area contributed by atoms with Gasteiger partial charge in [-0.15, -0.1) is 0 Å². The van der Waals surface area contributed by atoms with Crippen molar-refractivity contribution in [2.75, 3.05) is 13.1 Å². The third-order valence-electron chi connectivity index (χ3n) is 4.91. The van der Waals surface area contributed by atoms with Gasteiger partial charge < -0.3 is 10.0 Å². The van der Waals surface area contributed by atoms with E-state index in [-0.39, 0.29) is 24.2 Å². The monoisotopic (exact) mass is 305 g/mol. The molecule has 2 aliphatic rings. The molecule has 0 radical (unpaired) electrons. The molecule has 0 aromatic heterocycles. The van der Waals surface area contributed by atoms with Gasteiger partial charge in [0.15, 0.2) is 0 Å². The predicted molar refractivity (Wildman–Crippen MR) is 79.1 cm³/mol. The normalized spacial score (nSPS) is 24.6. The molecule has 1 N–H and O–H groups in total. The van der Waals surface area contributed by atoms with Crippen molar-refractivity contribution in [2.45, 2.75) is 26.7 Å². The number of aryl methyl sites for hydroxylation is 2. The van der Waals surface area contributed by atoms with Crippen molar-refractivity contribution in [3.63, 3.8) is 0 Å². The van der Waals surface area contributed by atoms with E-state index in [1.165, 1.54) is 12.1 Å². The number of hydrogen-bond acceptors (Lipinski definition) is 2. The Morgan fingerprint density at radius 3 is 2.27 bits per heavy atom. The Hall–Kier alpha value is -1.91. The quantitative estimate of drug-likeness (QED) is 0.934. The second-order valence-corrected chi connectivity index (χ2v) is 6.57. The minimum atomic E-state index is -0.820. The number of carboxylic acid groups (broad SMARTS) is 1. The average molecular weight is 305 g/mol. The van der Waals surface area contributed by atoms with Crippen LogP contribution in [0.5, 0.6) is 0 Å². The third-order valence-corrected chi connectivity index (χ3v) is 4.91. The number of benzene rings is 1. The zero-order chi connectivity index (χ0) is 16.0. The van der Waals surface area contributed by atoms with Gasteiger partial charge in [0.1, 0.15) is 5.82 Å². The summed E-state index contributed by atoms with van der Waals surface area (Å²) in [6.45, 7) is 4.18. The predicted octanol–water partition coefficient (Wildman–Crippen LogP) is 2.63. The standard InChI is InChI=1S/C17H20FNO3/c1-9-5-12(18)6-10(2)15(9)16(20)19-7-13(11-3-4-11)14(8-19)17(21)22/h5-6,11,13-14H,3-4,7-8H2,1-2H3,(H,21,22)/t13-,14+/m0/s1. The van der Waals surface area contributed by atoms with Crippen molar-refractivity contribution in [2.24, 2.45) is 17.8 Å². The molecule has 4 nitrogen and oxygen atoms in total. The Balaban J connectivity index is 1.86. The molecule has 22 heavy (non-hydrogen) atoms. The summed E-state index contributed by atoms with van der Waals surface area (Å²) in [5.74, 6) is -1.33. The van der Waals surface area contributed by atoms with Crippen LogP contribution >= 0.6 is 0 Å². The van der Waals surface area contributed by atoms with Crippen molar-refractivity contribution in [3.8, 4) is 0 Å². The van der Waals surface area contributed by atoms with Crippen LogP contribution in [0.15, 0.2) is 12.1 Å². The summed E-state index contributed by atoms with van der Waals surface area (Å²) in [5.41, 5.74) is 1.70. The highest BCUT2D eigenvalue weighted by Crippen LogP contribution is 2.44. The first kappa shape index (κ1) is 15.0. The number of carboxylic acids is 1. The zero-order valence-electron chi connectivity index (χ0n) is 12.8. The van der Waals surface area contributed by atoms with Crippen LogP contribution in [-0.4, -0.2) is 35.0 Å². The molecule has 1 aliphatic heterocycles. The number of carbonyl (C=O) groups is 2. The zero-order valence-corrected chi connectivity index (χ0v) is 12.8. The lowest BCUT2D eigenvalue weighted by Crippen LogP contribution is -2.31. The number of rotatable bonds is 3. The van der Waals surface area contributed by atoms with Crippen molar-refractivity contribution in [1.82, 2.24) is 4.90 Å². The molecule has 1 heterocycles. The van der Waals surface area contributed by atoms with E-state index in [0.717, 1.165) is 12.8 Å². The van der Waals surface area contributed by atoms with Crippen LogP contribution in [0.3, 0.4) is 0 Å². The minimum Gasteiger partial charge on any atom is -0.481 e. The van der Waals surface area contributed by atoms with E-state index >= 15 is 0 Å². The SMILES string of the molecule is Cc1cc(F)cc(C)c1C(=O)N1C[C@@H](C(=O)O)[C@H](C2CC2)C1. The summed E-state index contributed by atoms with van der Waals surface area (Å²) in [6, 6.07) is 2.70. The fraction of sp³-hybridized carbons (Fsp3) is 0.529. The Bertz CT molecular complexity index is 616. The van der Waals surface area contributed by atoms with Crippen molar-refractivity contribution in [3.05, 3.63) is 34.6 Å². The van der Waals surface area contributed by atoms with Crippen LogP contribution in [0, 0.1) is 37.4 Å². The molecular formula is C17H20FNO3. The van der Waals surface area contributed by atoms with Gasteiger partial charge in [0, 0.05) is 18.7 Å². The summed E-state index contributed by atoms with van der Waals surface area (Å²) in [7, 11) is 0. The second kappa shape index (κ2) is 5.38. The van der Waals surface area contributed by atoms with Crippen LogP contribution in [0.1, 0.15) is 34.3 Å². The fourth-order valence-corrected chi connectivity index (χ4v) is 3.66. The van der Waals surface area contributed by atoms with Gasteiger partial charge in [0.2, 0.25) is 0 Å². The lowest BCUT2D eigenvalue weighted by Gasteiger charge is -2.19. The van der Waals surface area contributed by atoms with E-state index in [9.17, 15) is 19.1 Å². The molecule has 3 rings (SSSR count). The summed E-state index contributed by atoms with van der Waals surface area (Å²) < 4.78 is 13.4. The first-order valence-electron chi connectivity index (χ1n) is 7.67. The first-order valence-corrected chi connectivity index (χ1v) is 7.67. The van der Waals surface area contributed by atoms with E-state index in [1.54, 1.807) is 18.7 Å². The minimum absolute atomic E-state index is 0.0579. The van der Waals surface area contributed by atoms with Crippen LogP contribution in [0.4, 0.5) is 4.39 Å². The largest absolute Gasteiger partial charge is 0.481 e. The lowest BCUT2D eigenvalue weighted by atomic mass is 9.92. The summed E-state index contributed by atoms with van der Waals surface area (Å²) in [6.07, 6.45) is 2.12. The van der Waals surface area contributed by atoms with E-state index in [4.69, 9.17) is 0 Å². The van der Waals surface area contributed by atoms with Gasteiger partial charge in [-0.1, -0.05) is 0 Å². The van der Waals surface area contributed by atoms with E-state index in [0.29, 0.717) is 29.2 Å². The molecule has 5 heteroatoms. The smallest absolute Gasteiger partial charge is 0.308 e. The first-order chi connectivity index (χ1) is 10.4. The maximum atomic E-state index is 13.4. The molecule has 2 fully saturated rings. The Morgan fingerprint density at radius 2 is 1.77 bits per heavy atom. The molecule has 1 saturated carbocycles. The van der Waals surface area contributed by atoms with Gasteiger partial charge in [0.05, 0.1) is 5.92 Å². The topological polar surface area (TPSA) is 57.6 Å².